The molecule has 1 heterocycles. The van der Waals surface area contributed by atoms with E-state index in [0.717, 1.165) is 31.5 Å². The highest BCUT2D eigenvalue weighted by molar-refractivity contribution is 7.89. The van der Waals surface area contributed by atoms with Crippen LogP contribution in [0.15, 0.2) is 23.1 Å². The predicted octanol–water partition coefficient (Wildman–Crippen LogP) is 1.42. The highest BCUT2D eigenvalue weighted by Crippen LogP contribution is 2.27. The molecule has 0 saturated carbocycles. The average Bonchev–Trinajstić information content (AvgIpc) is 2.38. The molecular weight excluding hydrogens is 276 g/mol. The lowest BCUT2D eigenvalue weighted by Gasteiger charge is -2.34. The molecule has 0 spiro atoms. The zero-order valence-corrected chi connectivity index (χ0v) is 13.0. The fraction of sp³-hybridized carbons (Fsp3) is 0.571. The van der Waals surface area contributed by atoms with Gasteiger partial charge in [-0.2, -0.15) is 0 Å². The minimum absolute atomic E-state index is 0.208. The number of sulfonamides is 1. The minimum atomic E-state index is -3.59. The van der Waals surface area contributed by atoms with Crippen LogP contribution < -0.4 is 14.8 Å². The second kappa shape index (κ2) is 5.71. The van der Waals surface area contributed by atoms with Crippen molar-refractivity contribution in [3.05, 3.63) is 23.8 Å². The first-order valence-corrected chi connectivity index (χ1v) is 8.24. The van der Waals surface area contributed by atoms with Crippen molar-refractivity contribution in [2.24, 2.45) is 0 Å². The Bertz CT molecular complexity index is 578. The van der Waals surface area contributed by atoms with Gasteiger partial charge in [0.15, 0.2) is 0 Å². The quantitative estimate of drug-likeness (QED) is 0.882. The maximum Gasteiger partial charge on any atom is 0.244 e. The zero-order chi connectivity index (χ0) is 14.8. The third-order valence-corrected chi connectivity index (χ3v) is 5.36. The van der Waals surface area contributed by atoms with Gasteiger partial charge < -0.3 is 10.1 Å². The molecule has 1 saturated heterocycles. The summed E-state index contributed by atoms with van der Waals surface area (Å²) in [5.74, 6) is 0.376. The van der Waals surface area contributed by atoms with Gasteiger partial charge in [0.1, 0.15) is 10.6 Å². The second-order valence-electron chi connectivity index (χ2n) is 5.57. The van der Waals surface area contributed by atoms with E-state index in [1.54, 1.807) is 12.1 Å². The normalized spacial score (nSPS) is 18.8. The Balaban J connectivity index is 2.32. The van der Waals surface area contributed by atoms with E-state index in [1.165, 1.54) is 7.11 Å². The summed E-state index contributed by atoms with van der Waals surface area (Å²) in [6.07, 6.45) is 1.56. The van der Waals surface area contributed by atoms with Gasteiger partial charge in [0.05, 0.1) is 7.11 Å². The summed E-state index contributed by atoms with van der Waals surface area (Å²) >= 11 is 0. The summed E-state index contributed by atoms with van der Waals surface area (Å²) in [7, 11) is -2.10. The maximum atomic E-state index is 12.6. The molecule has 1 aromatic rings. The number of ether oxygens (including phenoxy) is 1. The molecule has 0 aliphatic carbocycles. The summed E-state index contributed by atoms with van der Waals surface area (Å²) in [5, 5.41) is 3.24. The standard InChI is InChI=1S/C14H22N2O3S/c1-11-4-5-12(19-3)13(10-11)20(17,18)16-14(2)6-8-15-9-7-14/h4-5,10,15-16H,6-9H2,1-3H3. The Morgan fingerprint density at radius 3 is 2.55 bits per heavy atom. The van der Waals surface area contributed by atoms with E-state index in [9.17, 15) is 8.42 Å². The fourth-order valence-corrected chi connectivity index (χ4v) is 4.17. The topological polar surface area (TPSA) is 67.4 Å². The summed E-state index contributed by atoms with van der Waals surface area (Å²) in [4.78, 5) is 0.208. The van der Waals surface area contributed by atoms with Crippen LogP contribution in [-0.4, -0.2) is 34.2 Å². The van der Waals surface area contributed by atoms with Crippen molar-refractivity contribution in [3.8, 4) is 5.75 Å². The molecule has 0 unspecified atom stereocenters. The summed E-state index contributed by atoms with van der Waals surface area (Å²) in [5.41, 5.74) is 0.486. The molecular formula is C14H22N2O3S. The van der Waals surface area contributed by atoms with Crippen molar-refractivity contribution >= 4 is 10.0 Å². The van der Waals surface area contributed by atoms with E-state index >= 15 is 0 Å². The van der Waals surface area contributed by atoms with E-state index < -0.39 is 15.6 Å². The third-order valence-electron chi connectivity index (χ3n) is 3.70. The smallest absolute Gasteiger partial charge is 0.244 e. The molecule has 0 aromatic heterocycles. The van der Waals surface area contributed by atoms with E-state index in [2.05, 4.69) is 10.0 Å². The first kappa shape index (κ1) is 15.3. The summed E-state index contributed by atoms with van der Waals surface area (Å²) < 4.78 is 33.3. The molecule has 2 N–H and O–H groups in total. The Labute approximate surface area is 120 Å². The monoisotopic (exact) mass is 298 g/mol. The molecule has 1 aliphatic rings. The highest BCUT2D eigenvalue weighted by atomic mass is 32.2. The Kier molecular flexibility index (Phi) is 4.36. The maximum absolute atomic E-state index is 12.6. The fourth-order valence-electron chi connectivity index (χ4n) is 2.45. The summed E-state index contributed by atoms with van der Waals surface area (Å²) in [6.45, 7) is 5.46. The molecule has 1 fully saturated rings. The molecule has 0 atom stereocenters. The summed E-state index contributed by atoms with van der Waals surface area (Å²) in [6, 6.07) is 5.17. The first-order chi connectivity index (χ1) is 9.36. The van der Waals surface area contributed by atoms with Crippen LogP contribution in [-0.2, 0) is 10.0 Å². The van der Waals surface area contributed by atoms with E-state index in [0.29, 0.717) is 5.75 Å². The molecule has 0 amide bonds. The average molecular weight is 298 g/mol. The van der Waals surface area contributed by atoms with Gasteiger partial charge in [0, 0.05) is 5.54 Å². The largest absolute Gasteiger partial charge is 0.495 e. The van der Waals surface area contributed by atoms with Crippen molar-refractivity contribution in [2.75, 3.05) is 20.2 Å². The van der Waals surface area contributed by atoms with Gasteiger partial charge in [0.2, 0.25) is 10.0 Å². The molecule has 2 rings (SSSR count). The molecule has 6 heteroatoms. The number of benzene rings is 1. The van der Waals surface area contributed by atoms with Crippen LogP contribution in [0.2, 0.25) is 0 Å². The van der Waals surface area contributed by atoms with Gasteiger partial charge in [-0.1, -0.05) is 6.07 Å². The van der Waals surface area contributed by atoms with Gasteiger partial charge >= 0.3 is 0 Å². The van der Waals surface area contributed by atoms with Gasteiger partial charge in [-0.25, -0.2) is 13.1 Å². The third kappa shape index (κ3) is 3.31. The molecule has 20 heavy (non-hydrogen) atoms. The molecule has 1 aliphatic heterocycles. The predicted molar refractivity (Wildman–Crippen MR) is 78.6 cm³/mol. The number of hydrogen-bond donors (Lipinski definition) is 2. The van der Waals surface area contributed by atoms with E-state index in [1.807, 2.05) is 19.9 Å². The van der Waals surface area contributed by atoms with Gasteiger partial charge in [-0.3, -0.25) is 0 Å². The van der Waals surface area contributed by atoms with Crippen molar-refractivity contribution in [1.29, 1.82) is 0 Å². The number of piperidine rings is 1. The van der Waals surface area contributed by atoms with Crippen molar-refractivity contribution in [1.82, 2.24) is 10.0 Å². The van der Waals surface area contributed by atoms with E-state index in [-0.39, 0.29) is 4.90 Å². The lowest BCUT2D eigenvalue weighted by molar-refractivity contribution is 0.307. The van der Waals surface area contributed by atoms with Gasteiger partial charge in [-0.15, -0.1) is 0 Å². The zero-order valence-electron chi connectivity index (χ0n) is 12.2. The van der Waals surface area contributed by atoms with Gasteiger partial charge in [-0.05, 0) is 57.5 Å². The first-order valence-electron chi connectivity index (χ1n) is 6.76. The van der Waals surface area contributed by atoms with E-state index in [4.69, 9.17) is 4.74 Å². The molecule has 5 nitrogen and oxygen atoms in total. The van der Waals surface area contributed by atoms with Crippen LogP contribution in [0, 0.1) is 6.92 Å². The Morgan fingerprint density at radius 1 is 1.30 bits per heavy atom. The minimum Gasteiger partial charge on any atom is -0.495 e. The molecule has 0 radical (unpaired) electrons. The molecule has 1 aromatic carbocycles. The van der Waals surface area contributed by atoms with Gasteiger partial charge in [0.25, 0.3) is 0 Å². The van der Waals surface area contributed by atoms with Crippen molar-refractivity contribution in [3.63, 3.8) is 0 Å². The molecule has 0 bridgehead atoms. The van der Waals surface area contributed by atoms with Crippen LogP contribution in [0.5, 0.6) is 5.75 Å². The Morgan fingerprint density at radius 2 is 1.95 bits per heavy atom. The number of methoxy groups -OCH3 is 1. The number of hydrogen-bond acceptors (Lipinski definition) is 4. The molecule has 112 valence electrons. The van der Waals surface area contributed by atoms with Crippen LogP contribution in [0.25, 0.3) is 0 Å². The Hall–Kier alpha value is -1.11. The lowest BCUT2D eigenvalue weighted by Crippen LogP contribution is -2.52. The second-order valence-corrected chi connectivity index (χ2v) is 7.22. The van der Waals surface area contributed by atoms with Crippen molar-refractivity contribution in [2.45, 2.75) is 37.1 Å². The highest BCUT2D eigenvalue weighted by Gasteiger charge is 2.33. The number of nitrogens with one attached hydrogen (secondary N) is 2. The van der Waals surface area contributed by atoms with Crippen LogP contribution in [0.4, 0.5) is 0 Å². The van der Waals surface area contributed by atoms with Crippen molar-refractivity contribution < 1.29 is 13.2 Å². The SMILES string of the molecule is COc1ccc(C)cc1S(=O)(=O)NC1(C)CCNCC1. The number of rotatable bonds is 4. The number of aryl methyl sites for hydroxylation is 1. The van der Waals surface area contributed by atoms with Crippen LogP contribution >= 0.6 is 0 Å². The van der Waals surface area contributed by atoms with Crippen LogP contribution in [0.3, 0.4) is 0 Å². The lowest BCUT2D eigenvalue weighted by atomic mass is 9.92. The van der Waals surface area contributed by atoms with Crippen LogP contribution in [0.1, 0.15) is 25.3 Å².